The third-order valence-electron chi connectivity index (χ3n) is 2.70. The van der Waals surface area contributed by atoms with Crippen LogP contribution in [0, 0.1) is 5.92 Å². The maximum Gasteiger partial charge on any atom is 0.321 e. The van der Waals surface area contributed by atoms with Crippen LogP contribution in [0.5, 0.6) is 0 Å². The van der Waals surface area contributed by atoms with Crippen LogP contribution in [0.15, 0.2) is 29.4 Å². The maximum absolute atomic E-state index is 4.31. The Labute approximate surface area is 109 Å². The van der Waals surface area contributed by atoms with E-state index in [1.807, 2.05) is 18.2 Å². The number of benzene rings is 1. The molecule has 0 saturated heterocycles. The minimum atomic E-state index is 0.642. The van der Waals surface area contributed by atoms with Crippen molar-refractivity contribution in [1.82, 2.24) is 15.2 Å². The number of aromatic nitrogens is 4. The Balaban J connectivity index is 2.04. The van der Waals surface area contributed by atoms with E-state index >= 15 is 0 Å². The van der Waals surface area contributed by atoms with Gasteiger partial charge in [0, 0.05) is 16.2 Å². The predicted molar refractivity (Wildman–Crippen MR) is 73.5 cm³/mol. The van der Waals surface area contributed by atoms with E-state index in [4.69, 9.17) is 0 Å². The van der Waals surface area contributed by atoms with Crippen molar-refractivity contribution in [3.05, 3.63) is 24.3 Å². The van der Waals surface area contributed by atoms with Crippen LogP contribution >= 0.6 is 11.8 Å². The van der Waals surface area contributed by atoms with Gasteiger partial charge in [-0.25, -0.2) is 4.98 Å². The molecule has 2 aromatic heterocycles. The Hall–Kier alpha value is -1.62. The van der Waals surface area contributed by atoms with Crippen molar-refractivity contribution < 1.29 is 4.98 Å². The Kier molecular flexibility index (Phi) is 2.91. The highest BCUT2D eigenvalue weighted by Crippen LogP contribution is 2.21. The van der Waals surface area contributed by atoms with Gasteiger partial charge < -0.3 is 0 Å². The zero-order valence-electron chi connectivity index (χ0n) is 10.4. The fraction of sp³-hybridized carbons (Fsp3) is 0.308. The first kappa shape index (κ1) is 11.5. The molecule has 0 bridgehead atoms. The molecule has 2 N–H and O–H groups in total. The summed E-state index contributed by atoms with van der Waals surface area (Å²) in [5.41, 5.74) is 2.93. The number of nitrogens with zero attached hydrogens (tertiary/aromatic N) is 2. The molecule has 0 amide bonds. The van der Waals surface area contributed by atoms with Crippen LogP contribution in [-0.2, 0) is 0 Å². The highest BCUT2D eigenvalue weighted by Gasteiger charge is 2.14. The summed E-state index contributed by atoms with van der Waals surface area (Å²) in [4.78, 5) is 6.64. The number of hydrogen-bond acceptors (Lipinski definition) is 3. The minimum absolute atomic E-state index is 0.642. The van der Waals surface area contributed by atoms with E-state index < -0.39 is 0 Å². The van der Waals surface area contributed by atoms with Gasteiger partial charge in [-0.3, -0.25) is 4.98 Å². The Morgan fingerprint density at radius 2 is 2.11 bits per heavy atom. The molecule has 18 heavy (non-hydrogen) atoms. The first-order valence-corrected chi connectivity index (χ1v) is 7.02. The molecule has 3 aromatic rings. The summed E-state index contributed by atoms with van der Waals surface area (Å²) in [5.74, 6) is 1.68. The van der Waals surface area contributed by atoms with Gasteiger partial charge in [0.15, 0.2) is 5.52 Å². The normalized spacial score (nSPS) is 11.7. The number of aromatic amines is 2. The summed E-state index contributed by atoms with van der Waals surface area (Å²) in [6.45, 7) is 4.39. The lowest BCUT2D eigenvalue weighted by molar-refractivity contribution is -0.406. The molecular weight excluding hydrogens is 244 g/mol. The number of H-pyrrole nitrogens is 2. The second-order valence-electron chi connectivity index (χ2n) is 4.73. The largest absolute Gasteiger partial charge is 0.321 e. The van der Waals surface area contributed by atoms with E-state index in [9.17, 15) is 0 Å². The van der Waals surface area contributed by atoms with E-state index in [1.165, 1.54) is 0 Å². The number of rotatable bonds is 3. The molecule has 92 valence electrons. The average Bonchev–Trinajstić information content (AvgIpc) is 2.73. The van der Waals surface area contributed by atoms with Gasteiger partial charge in [0.2, 0.25) is 0 Å². The molecule has 3 rings (SSSR count). The lowest BCUT2D eigenvalue weighted by atomic mass is 10.2. The van der Waals surface area contributed by atoms with E-state index in [0.717, 1.165) is 33.0 Å². The van der Waals surface area contributed by atoms with E-state index in [0.29, 0.717) is 5.92 Å². The number of thioether (sulfide) groups is 1. The Morgan fingerprint density at radius 3 is 2.94 bits per heavy atom. The van der Waals surface area contributed by atoms with Crippen LogP contribution in [0.1, 0.15) is 13.8 Å². The second-order valence-corrected chi connectivity index (χ2v) is 5.74. The first-order valence-electron chi connectivity index (χ1n) is 6.03. The monoisotopic (exact) mass is 259 g/mol. The van der Waals surface area contributed by atoms with Gasteiger partial charge in [0.1, 0.15) is 5.52 Å². The zero-order valence-corrected chi connectivity index (χ0v) is 11.2. The zero-order chi connectivity index (χ0) is 12.5. The Bertz CT molecular complexity index is 690. The summed E-state index contributed by atoms with van der Waals surface area (Å²) in [5, 5.41) is 10.5. The van der Waals surface area contributed by atoms with Crippen molar-refractivity contribution in [1.29, 1.82) is 0 Å². The summed E-state index contributed by atoms with van der Waals surface area (Å²) in [6, 6.07) is 8.13. The number of fused-ring (bicyclic) bond motifs is 3. The van der Waals surface area contributed by atoms with Gasteiger partial charge >= 0.3 is 5.16 Å². The van der Waals surface area contributed by atoms with Crippen molar-refractivity contribution >= 4 is 33.8 Å². The molecule has 1 aromatic carbocycles. The summed E-state index contributed by atoms with van der Waals surface area (Å²) < 4.78 is 0. The summed E-state index contributed by atoms with van der Waals surface area (Å²) in [6.07, 6.45) is 0. The van der Waals surface area contributed by atoms with E-state index in [2.05, 4.69) is 40.1 Å². The van der Waals surface area contributed by atoms with Crippen LogP contribution < -0.4 is 4.98 Å². The van der Waals surface area contributed by atoms with Gasteiger partial charge in [-0.2, -0.15) is 0 Å². The molecule has 0 aliphatic carbocycles. The van der Waals surface area contributed by atoms with Crippen molar-refractivity contribution in [2.24, 2.45) is 5.92 Å². The highest BCUT2D eigenvalue weighted by atomic mass is 32.2. The predicted octanol–water partition coefficient (Wildman–Crippen LogP) is 2.67. The third-order valence-corrected chi connectivity index (χ3v) is 4.00. The molecule has 5 heteroatoms. The van der Waals surface area contributed by atoms with E-state index in [1.54, 1.807) is 11.8 Å². The number of para-hydroxylation sites is 1. The van der Waals surface area contributed by atoms with E-state index in [-0.39, 0.29) is 0 Å². The number of nitrogens with one attached hydrogen (secondary N) is 2. The van der Waals surface area contributed by atoms with Gasteiger partial charge in [-0.1, -0.05) is 42.8 Å². The molecule has 0 aliphatic rings. The third kappa shape index (κ3) is 2.06. The van der Waals surface area contributed by atoms with Crippen molar-refractivity contribution in [3.8, 4) is 0 Å². The molecule has 0 saturated carbocycles. The van der Waals surface area contributed by atoms with Crippen molar-refractivity contribution in [2.45, 2.75) is 19.0 Å². The van der Waals surface area contributed by atoms with Crippen LogP contribution in [0.2, 0.25) is 0 Å². The molecular formula is C13H15N4S+. The standard InChI is InChI=1S/C13H14N4S/c1-8(2)7-18-13-15-12-11(16-17-13)9-5-3-4-6-10(9)14-12/h3-6,8H,7H2,1-2H3,(H,14,15,17)/p+1. The van der Waals surface area contributed by atoms with Crippen LogP contribution in [0.25, 0.3) is 22.1 Å². The molecule has 0 atom stereocenters. The second kappa shape index (κ2) is 4.57. The van der Waals surface area contributed by atoms with Crippen LogP contribution in [-0.4, -0.2) is 20.9 Å². The topological polar surface area (TPSA) is 55.7 Å². The van der Waals surface area contributed by atoms with Gasteiger partial charge in [-0.05, 0) is 18.1 Å². The molecule has 0 radical (unpaired) electrons. The highest BCUT2D eigenvalue weighted by molar-refractivity contribution is 7.99. The molecule has 0 fully saturated rings. The fourth-order valence-corrected chi connectivity index (χ4v) is 2.62. The van der Waals surface area contributed by atoms with Crippen molar-refractivity contribution in [2.75, 3.05) is 5.75 Å². The summed E-state index contributed by atoms with van der Waals surface area (Å²) in [7, 11) is 0. The van der Waals surface area contributed by atoms with Gasteiger partial charge in [0.25, 0.3) is 5.65 Å². The average molecular weight is 259 g/mol. The van der Waals surface area contributed by atoms with Crippen molar-refractivity contribution in [3.63, 3.8) is 0 Å². The maximum atomic E-state index is 4.31. The molecule has 0 spiro atoms. The molecule has 0 aliphatic heterocycles. The lowest BCUT2D eigenvalue weighted by Gasteiger charge is -1.98. The van der Waals surface area contributed by atoms with Crippen LogP contribution in [0.3, 0.4) is 0 Å². The number of hydrogen-bond donors (Lipinski definition) is 1. The lowest BCUT2D eigenvalue weighted by Crippen LogP contribution is -2.12. The molecule has 2 heterocycles. The SMILES string of the molecule is CC(C)CSc1nnc2c([nH]c3ccccc32)[nH+]1. The summed E-state index contributed by atoms with van der Waals surface area (Å²) >= 11 is 1.70. The van der Waals surface area contributed by atoms with Gasteiger partial charge in [0.05, 0.1) is 0 Å². The smallest absolute Gasteiger partial charge is 0.271 e. The quantitative estimate of drug-likeness (QED) is 0.736. The van der Waals surface area contributed by atoms with Gasteiger partial charge in [-0.15, -0.1) is 0 Å². The van der Waals surface area contributed by atoms with Crippen LogP contribution in [0.4, 0.5) is 0 Å². The first-order chi connectivity index (χ1) is 8.74. The molecule has 0 unspecified atom stereocenters. The minimum Gasteiger partial charge on any atom is -0.271 e. The molecule has 4 nitrogen and oxygen atoms in total. The fourth-order valence-electron chi connectivity index (χ4n) is 1.86. The Morgan fingerprint density at radius 1 is 1.28 bits per heavy atom.